The summed E-state index contributed by atoms with van der Waals surface area (Å²) in [4.78, 5) is 42.6. The molecule has 3 aromatic heterocycles. The summed E-state index contributed by atoms with van der Waals surface area (Å²) in [6.45, 7) is 6.32. The zero-order valence-electron chi connectivity index (χ0n) is 20.1. The molecule has 35 heavy (non-hydrogen) atoms. The van der Waals surface area contributed by atoms with E-state index in [0.717, 1.165) is 23.5 Å². The number of carbonyl (C=O) groups excluding carboxylic acids is 1. The maximum absolute atomic E-state index is 13.7. The van der Waals surface area contributed by atoms with Crippen LogP contribution in [0.1, 0.15) is 47.3 Å². The van der Waals surface area contributed by atoms with Gasteiger partial charge >= 0.3 is 5.69 Å². The van der Waals surface area contributed by atoms with Crippen molar-refractivity contribution in [1.82, 2.24) is 14.1 Å². The highest BCUT2D eigenvalue weighted by atomic mass is 16.3. The summed E-state index contributed by atoms with van der Waals surface area (Å²) in [5.74, 6) is -0.0206. The fourth-order valence-electron chi connectivity index (χ4n) is 4.17. The van der Waals surface area contributed by atoms with Gasteiger partial charge in [-0.2, -0.15) is 0 Å². The number of rotatable bonds is 8. The van der Waals surface area contributed by atoms with Gasteiger partial charge in [0.2, 0.25) is 0 Å². The van der Waals surface area contributed by atoms with E-state index >= 15 is 0 Å². The summed E-state index contributed by atoms with van der Waals surface area (Å²) >= 11 is 0. The molecule has 0 spiro atoms. The van der Waals surface area contributed by atoms with E-state index in [-0.39, 0.29) is 18.1 Å². The number of H-pyrrole nitrogens is 1. The van der Waals surface area contributed by atoms with E-state index in [0.29, 0.717) is 24.3 Å². The van der Waals surface area contributed by atoms with E-state index in [9.17, 15) is 14.4 Å². The van der Waals surface area contributed by atoms with E-state index in [1.807, 2.05) is 45.0 Å². The van der Waals surface area contributed by atoms with Crippen LogP contribution in [0.3, 0.4) is 0 Å². The van der Waals surface area contributed by atoms with Crippen molar-refractivity contribution in [3.63, 3.8) is 0 Å². The van der Waals surface area contributed by atoms with E-state index in [1.165, 1.54) is 15.7 Å². The molecule has 0 atom stereocenters. The molecule has 3 N–H and O–H groups in total. The standard InChI is InChI=1S/C26H29N5O4/c1-4-5-14-29-23(27)22(24(32)28-26(29)34)30(16-21-7-6-15-35-21)25(33)19-10-12-20(13-11-19)31-17(2)8-9-18(31)3/h6-13,15H,4-5,14,16,27H2,1-3H3,(H,28,32,34). The number of nitrogens with one attached hydrogen (secondary N) is 1. The Morgan fingerprint density at radius 1 is 1.06 bits per heavy atom. The van der Waals surface area contributed by atoms with Crippen LogP contribution in [0.2, 0.25) is 0 Å². The van der Waals surface area contributed by atoms with E-state index in [2.05, 4.69) is 9.55 Å². The smallest absolute Gasteiger partial charge is 0.330 e. The first-order valence-corrected chi connectivity index (χ1v) is 11.5. The lowest BCUT2D eigenvalue weighted by Crippen LogP contribution is -2.41. The summed E-state index contributed by atoms with van der Waals surface area (Å²) in [6.07, 6.45) is 3.02. The number of furan rings is 1. The molecule has 0 aliphatic heterocycles. The summed E-state index contributed by atoms with van der Waals surface area (Å²) in [5, 5.41) is 0. The van der Waals surface area contributed by atoms with Crippen LogP contribution in [-0.4, -0.2) is 20.0 Å². The third-order valence-corrected chi connectivity index (χ3v) is 6.00. The summed E-state index contributed by atoms with van der Waals surface area (Å²) in [7, 11) is 0. The second-order valence-corrected chi connectivity index (χ2v) is 8.47. The van der Waals surface area contributed by atoms with Crippen molar-refractivity contribution in [2.45, 2.75) is 46.7 Å². The van der Waals surface area contributed by atoms with Crippen LogP contribution < -0.4 is 21.9 Å². The number of hydrogen-bond acceptors (Lipinski definition) is 5. The lowest BCUT2D eigenvalue weighted by Gasteiger charge is -2.24. The number of benzene rings is 1. The number of hydrogen-bond donors (Lipinski definition) is 2. The maximum atomic E-state index is 13.7. The van der Waals surface area contributed by atoms with Crippen molar-refractivity contribution in [2.24, 2.45) is 0 Å². The van der Waals surface area contributed by atoms with Gasteiger partial charge in [0.15, 0.2) is 5.69 Å². The SMILES string of the molecule is CCCCn1c(N)c(N(Cc2ccco2)C(=O)c2ccc(-n3c(C)ccc3C)cc2)c(=O)[nH]c1=O. The van der Waals surface area contributed by atoms with Crippen molar-refractivity contribution in [3.8, 4) is 5.69 Å². The molecule has 182 valence electrons. The third-order valence-electron chi connectivity index (χ3n) is 6.00. The van der Waals surface area contributed by atoms with Gasteiger partial charge in [-0.05, 0) is 68.8 Å². The van der Waals surface area contributed by atoms with Crippen LogP contribution in [0, 0.1) is 13.8 Å². The van der Waals surface area contributed by atoms with Crippen molar-refractivity contribution in [1.29, 1.82) is 0 Å². The van der Waals surface area contributed by atoms with Crippen LogP contribution in [-0.2, 0) is 13.1 Å². The largest absolute Gasteiger partial charge is 0.467 e. The van der Waals surface area contributed by atoms with Crippen LogP contribution in [0.4, 0.5) is 11.5 Å². The molecule has 0 fully saturated rings. The second-order valence-electron chi connectivity index (χ2n) is 8.47. The topological polar surface area (TPSA) is 119 Å². The summed E-state index contributed by atoms with van der Waals surface area (Å²) in [6, 6.07) is 14.6. The van der Waals surface area contributed by atoms with Gasteiger partial charge in [-0.15, -0.1) is 0 Å². The van der Waals surface area contributed by atoms with E-state index in [1.54, 1.807) is 24.3 Å². The molecule has 0 bridgehead atoms. The van der Waals surface area contributed by atoms with E-state index in [4.69, 9.17) is 10.2 Å². The Morgan fingerprint density at radius 2 is 1.74 bits per heavy atom. The van der Waals surface area contributed by atoms with Crippen LogP contribution in [0.5, 0.6) is 0 Å². The second kappa shape index (κ2) is 9.92. The molecule has 4 aromatic rings. The van der Waals surface area contributed by atoms with Gasteiger partial charge in [-0.1, -0.05) is 13.3 Å². The highest BCUT2D eigenvalue weighted by Gasteiger charge is 2.26. The van der Waals surface area contributed by atoms with Crippen molar-refractivity contribution in [3.05, 3.63) is 98.3 Å². The molecule has 4 rings (SSSR count). The first-order chi connectivity index (χ1) is 16.8. The van der Waals surface area contributed by atoms with Gasteiger partial charge in [0, 0.05) is 29.2 Å². The van der Waals surface area contributed by atoms with Gasteiger partial charge in [-0.25, -0.2) is 4.79 Å². The van der Waals surface area contributed by atoms with Gasteiger partial charge in [0.1, 0.15) is 11.6 Å². The number of aromatic amines is 1. The first kappa shape index (κ1) is 23.9. The lowest BCUT2D eigenvalue weighted by molar-refractivity contribution is 0.0983. The summed E-state index contributed by atoms with van der Waals surface area (Å²) < 4.78 is 8.83. The minimum Gasteiger partial charge on any atom is -0.467 e. The number of carbonyl (C=O) groups is 1. The molecule has 0 saturated heterocycles. The van der Waals surface area contributed by atoms with Crippen LogP contribution >= 0.6 is 0 Å². The lowest BCUT2D eigenvalue weighted by atomic mass is 10.1. The van der Waals surface area contributed by atoms with Crippen LogP contribution in [0.15, 0.2) is 68.8 Å². The van der Waals surface area contributed by atoms with Crippen molar-refractivity contribution < 1.29 is 9.21 Å². The molecule has 3 heterocycles. The molecule has 0 unspecified atom stereocenters. The molecule has 0 aliphatic carbocycles. The molecule has 1 amide bonds. The molecule has 1 aromatic carbocycles. The Hall–Kier alpha value is -4.27. The van der Waals surface area contributed by atoms with Gasteiger partial charge in [-0.3, -0.25) is 24.0 Å². The minimum atomic E-state index is -0.727. The molecule has 0 aliphatic rings. The average molecular weight is 476 g/mol. The Balaban J connectivity index is 1.77. The number of amides is 1. The normalized spacial score (nSPS) is 11.1. The molecular weight excluding hydrogens is 446 g/mol. The number of nitrogens with two attached hydrogens (primary N) is 1. The third kappa shape index (κ3) is 4.70. The number of nitrogens with zero attached hydrogens (tertiary/aromatic N) is 3. The zero-order valence-corrected chi connectivity index (χ0v) is 20.1. The highest BCUT2D eigenvalue weighted by molar-refractivity contribution is 6.07. The Labute approximate surface area is 202 Å². The minimum absolute atomic E-state index is 0.0251. The molecular formula is C26H29N5O4. The summed E-state index contributed by atoms with van der Waals surface area (Å²) in [5.41, 5.74) is 8.35. The predicted molar refractivity (Wildman–Crippen MR) is 135 cm³/mol. The first-order valence-electron chi connectivity index (χ1n) is 11.5. The quantitative estimate of drug-likeness (QED) is 0.402. The average Bonchev–Trinajstić information content (AvgIpc) is 3.47. The fourth-order valence-corrected chi connectivity index (χ4v) is 4.17. The van der Waals surface area contributed by atoms with Gasteiger partial charge in [0.25, 0.3) is 11.5 Å². The molecule has 0 radical (unpaired) electrons. The molecule has 0 saturated carbocycles. The number of aryl methyl sites for hydroxylation is 2. The monoisotopic (exact) mass is 475 g/mol. The Kier molecular flexibility index (Phi) is 6.77. The Bertz CT molecular complexity index is 1420. The zero-order chi connectivity index (χ0) is 25.1. The molecule has 9 nitrogen and oxygen atoms in total. The van der Waals surface area contributed by atoms with Gasteiger partial charge < -0.3 is 14.7 Å². The van der Waals surface area contributed by atoms with Crippen LogP contribution in [0.25, 0.3) is 5.69 Å². The predicted octanol–water partition coefficient (Wildman–Crippen LogP) is 3.77. The van der Waals surface area contributed by atoms with E-state index < -0.39 is 17.2 Å². The Morgan fingerprint density at radius 3 is 2.34 bits per heavy atom. The number of anilines is 2. The van der Waals surface area contributed by atoms with Crippen molar-refractivity contribution >= 4 is 17.4 Å². The maximum Gasteiger partial charge on any atom is 0.330 e. The molecule has 9 heteroatoms. The highest BCUT2D eigenvalue weighted by Crippen LogP contribution is 2.24. The van der Waals surface area contributed by atoms with Gasteiger partial charge in [0.05, 0.1) is 12.8 Å². The number of unbranched alkanes of at least 4 members (excludes halogenated alkanes) is 1. The number of nitrogen functional groups attached to an aromatic ring is 1. The fraction of sp³-hybridized carbons (Fsp3) is 0.269. The number of aromatic nitrogens is 3. The van der Waals surface area contributed by atoms with Crippen molar-refractivity contribution in [2.75, 3.05) is 10.6 Å².